The summed E-state index contributed by atoms with van der Waals surface area (Å²) in [6.07, 6.45) is 0. The first-order valence-electron chi connectivity index (χ1n) is 4.49. The summed E-state index contributed by atoms with van der Waals surface area (Å²) in [6, 6.07) is 0. The summed E-state index contributed by atoms with van der Waals surface area (Å²) < 4.78 is 15.6. The minimum Gasteiger partial charge on any atom is -0.384 e. The van der Waals surface area contributed by atoms with Gasteiger partial charge in [0.15, 0.2) is 0 Å². The Morgan fingerprint density at radius 3 is 1.75 bits per heavy atom. The predicted octanol–water partition coefficient (Wildman–Crippen LogP) is 1.32. The molecule has 0 saturated heterocycles. The van der Waals surface area contributed by atoms with Gasteiger partial charge in [-0.25, -0.2) is 0 Å². The molecule has 12 heavy (non-hydrogen) atoms. The molecule has 0 bridgehead atoms. The minimum atomic E-state index is 0.370. The average molecular weight is 176 g/mol. The molecule has 0 radical (unpaired) electrons. The van der Waals surface area contributed by atoms with Crippen LogP contribution < -0.4 is 0 Å². The molecule has 3 nitrogen and oxygen atoms in total. The van der Waals surface area contributed by atoms with Gasteiger partial charge >= 0.3 is 0 Å². The van der Waals surface area contributed by atoms with E-state index in [-0.39, 0.29) is 0 Å². The van der Waals surface area contributed by atoms with Crippen LogP contribution in [0.1, 0.15) is 13.8 Å². The van der Waals surface area contributed by atoms with Gasteiger partial charge in [0.2, 0.25) is 0 Å². The standard InChI is InChI=1S/C9H20O3/c1-4-11-7-9(6-10-3)8-12-5-2/h9H,4-8H2,1-3H3. The van der Waals surface area contributed by atoms with Crippen molar-refractivity contribution in [1.29, 1.82) is 0 Å². The molecule has 0 aromatic heterocycles. The third-order valence-corrected chi connectivity index (χ3v) is 1.52. The normalized spacial score (nSPS) is 11.0. The number of ether oxygens (including phenoxy) is 3. The van der Waals surface area contributed by atoms with Gasteiger partial charge in [-0.05, 0) is 13.8 Å². The zero-order valence-corrected chi connectivity index (χ0v) is 8.34. The van der Waals surface area contributed by atoms with E-state index < -0.39 is 0 Å². The average Bonchev–Trinajstić information content (AvgIpc) is 2.10. The Hall–Kier alpha value is -0.120. The van der Waals surface area contributed by atoms with Gasteiger partial charge in [0.1, 0.15) is 0 Å². The highest BCUT2D eigenvalue weighted by Gasteiger charge is 2.07. The van der Waals surface area contributed by atoms with Crippen molar-refractivity contribution >= 4 is 0 Å². The summed E-state index contributed by atoms with van der Waals surface area (Å²) in [7, 11) is 1.70. The molecular formula is C9H20O3. The van der Waals surface area contributed by atoms with Crippen molar-refractivity contribution in [2.75, 3.05) is 40.1 Å². The van der Waals surface area contributed by atoms with Crippen molar-refractivity contribution in [2.45, 2.75) is 13.8 Å². The third kappa shape index (κ3) is 6.58. The summed E-state index contributed by atoms with van der Waals surface area (Å²) in [5.41, 5.74) is 0. The lowest BCUT2D eigenvalue weighted by Crippen LogP contribution is -2.21. The van der Waals surface area contributed by atoms with E-state index in [4.69, 9.17) is 14.2 Å². The van der Waals surface area contributed by atoms with Gasteiger partial charge in [-0.2, -0.15) is 0 Å². The van der Waals surface area contributed by atoms with Crippen LogP contribution >= 0.6 is 0 Å². The lowest BCUT2D eigenvalue weighted by molar-refractivity contribution is 0.0118. The highest BCUT2D eigenvalue weighted by molar-refractivity contribution is 4.54. The highest BCUT2D eigenvalue weighted by atomic mass is 16.5. The van der Waals surface area contributed by atoms with Crippen LogP contribution in [0.4, 0.5) is 0 Å². The van der Waals surface area contributed by atoms with Gasteiger partial charge in [-0.15, -0.1) is 0 Å². The van der Waals surface area contributed by atoms with E-state index in [9.17, 15) is 0 Å². The summed E-state index contributed by atoms with van der Waals surface area (Å²) in [6.45, 7) is 7.66. The first kappa shape index (κ1) is 11.9. The van der Waals surface area contributed by atoms with Gasteiger partial charge in [-0.3, -0.25) is 0 Å². The van der Waals surface area contributed by atoms with Crippen molar-refractivity contribution < 1.29 is 14.2 Å². The molecule has 0 rings (SSSR count). The van der Waals surface area contributed by atoms with Gasteiger partial charge in [0.05, 0.1) is 19.8 Å². The van der Waals surface area contributed by atoms with Gasteiger partial charge in [-0.1, -0.05) is 0 Å². The summed E-state index contributed by atoms with van der Waals surface area (Å²) >= 11 is 0. The Labute approximate surface area is 75.0 Å². The molecule has 0 amide bonds. The zero-order valence-electron chi connectivity index (χ0n) is 8.34. The number of methoxy groups -OCH3 is 1. The fraction of sp³-hybridized carbons (Fsp3) is 1.00. The lowest BCUT2D eigenvalue weighted by atomic mass is 10.2. The second-order valence-electron chi connectivity index (χ2n) is 2.64. The number of hydrogen-bond acceptors (Lipinski definition) is 3. The van der Waals surface area contributed by atoms with E-state index in [1.54, 1.807) is 7.11 Å². The maximum atomic E-state index is 5.29. The smallest absolute Gasteiger partial charge is 0.0538 e. The van der Waals surface area contributed by atoms with E-state index in [1.807, 2.05) is 13.8 Å². The fourth-order valence-electron chi connectivity index (χ4n) is 0.949. The van der Waals surface area contributed by atoms with Crippen molar-refractivity contribution in [2.24, 2.45) is 5.92 Å². The Morgan fingerprint density at radius 1 is 0.917 bits per heavy atom. The molecular weight excluding hydrogens is 156 g/mol. The second-order valence-corrected chi connectivity index (χ2v) is 2.64. The lowest BCUT2D eigenvalue weighted by Gasteiger charge is -2.15. The van der Waals surface area contributed by atoms with Gasteiger partial charge in [0.25, 0.3) is 0 Å². The van der Waals surface area contributed by atoms with Crippen molar-refractivity contribution in [1.82, 2.24) is 0 Å². The topological polar surface area (TPSA) is 27.7 Å². The molecule has 0 N–H and O–H groups in total. The van der Waals surface area contributed by atoms with E-state index in [2.05, 4.69) is 0 Å². The molecule has 0 aliphatic carbocycles. The second kappa shape index (κ2) is 8.97. The molecule has 0 aliphatic heterocycles. The molecule has 0 fully saturated rings. The van der Waals surface area contributed by atoms with E-state index in [0.29, 0.717) is 12.5 Å². The molecule has 0 aromatic carbocycles. The van der Waals surface area contributed by atoms with Crippen molar-refractivity contribution in [3.8, 4) is 0 Å². The quantitative estimate of drug-likeness (QED) is 0.558. The monoisotopic (exact) mass is 176 g/mol. The highest BCUT2D eigenvalue weighted by Crippen LogP contribution is 1.99. The van der Waals surface area contributed by atoms with Crippen molar-refractivity contribution in [3.05, 3.63) is 0 Å². The Morgan fingerprint density at radius 2 is 1.42 bits per heavy atom. The minimum absolute atomic E-state index is 0.370. The molecule has 0 saturated carbocycles. The Balaban J connectivity index is 3.40. The number of hydrogen-bond donors (Lipinski definition) is 0. The summed E-state index contributed by atoms with van der Waals surface area (Å²) in [4.78, 5) is 0. The summed E-state index contributed by atoms with van der Waals surface area (Å²) in [5, 5.41) is 0. The SMILES string of the molecule is CCOCC(COC)COCC. The van der Waals surface area contributed by atoms with Crippen LogP contribution in [0.15, 0.2) is 0 Å². The largest absolute Gasteiger partial charge is 0.384 e. The first-order valence-corrected chi connectivity index (χ1v) is 4.49. The van der Waals surface area contributed by atoms with Crippen LogP contribution in [0.2, 0.25) is 0 Å². The van der Waals surface area contributed by atoms with Crippen LogP contribution in [-0.4, -0.2) is 40.1 Å². The molecule has 0 atom stereocenters. The number of rotatable bonds is 8. The van der Waals surface area contributed by atoms with Crippen LogP contribution in [0.3, 0.4) is 0 Å². The molecule has 0 aromatic rings. The Kier molecular flexibility index (Phi) is 8.88. The van der Waals surface area contributed by atoms with Crippen LogP contribution in [0.5, 0.6) is 0 Å². The first-order chi connectivity index (χ1) is 5.85. The molecule has 0 unspecified atom stereocenters. The fourth-order valence-corrected chi connectivity index (χ4v) is 0.949. The molecule has 0 heterocycles. The van der Waals surface area contributed by atoms with Crippen LogP contribution in [-0.2, 0) is 14.2 Å². The van der Waals surface area contributed by atoms with Crippen molar-refractivity contribution in [3.63, 3.8) is 0 Å². The molecule has 3 heteroatoms. The maximum absolute atomic E-state index is 5.29. The maximum Gasteiger partial charge on any atom is 0.0538 e. The zero-order chi connectivity index (χ0) is 9.23. The summed E-state index contributed by atoms with van der Waals surface area (Å²) in [5.74, 6) is 0.370. The molecule has 74 valence electrons. The third-order valence-electron chi connectivity index (χ3n) is 1.52. The van der Waals surface area contributed by atoms with Crippen LogP contribution in [0, 0.1) is 5.92 Å². The predicted molar refractivity (Wildman–Crippen MR) is 48.4 cm³/mol. The van der Waals surface area contributed by atoms with Crippen LogP contribution in [0.25, 0.3) is 0 Å². The van der Waals surface area contributed by atoms with E-state index >= 15 is 0 Å². The molecule has 0 spiro atoms. The van der Waals surface area contributed by atoms with E-state index in [1.165, 1.54) is 0 Å². The van der Waals surface area contributed by atoms with Gasteiger partial charge in [0, 0.05) is 26.2 Å². The molecule has 0 aliphatic rings. The van der Waals surface area contributed by atoms with E-state index in [0.717, 1.165) is 26.4 Å². The Bertz CT molecular complexity index is 77.8. The van der Waals surface area contributed by atoms with Gasteiger partial charge < -0.3 is 14.2 Å².